The van der Waals surface area contributed by atoms with Crippen molar-refractivity contribution in [2.45, 2.75) is 37.5 Å². The van der Waals surface area contributed by atoms with Crippen molar-refractivity contribution in [3.05, 3.63) is 24.3 Å². The maximum Gasteiger partial charge on any atom is 0.242 e. The zero-order valence-corrected chi connectivity index (χ0v) is 12.2. The predicted molar refractivity (Wildman–Crippen MR) is 77.8 cm³/mol. The molecule has 1 aliphatic carbocycles. The molecule has 0 aromatic heterocycles. The highest BCUT2D eigenvalue weighted by atomic mass is 32.2. The van der Waals surface area contributed by atoms with E-state index in [1.807, 2.05) is 13.0 Å². The summed E-state index contributed by atoms with van der Waals surface area (Å²) in [6, 6.07) is 7.04. The molecule has 0 atom stereocenters. The highest BCUT2D eigenvalue weighted by Crippen LogP contribution is 2.25. The number of benzene rings is 1. The molecule has 0 saturated heterocycles. The van der Waals surface area contributed by atoms with Gasteiger partial charge in [-0.3, -0.25) is 0 Å². The van der Waals surface area contributed by atoms with Crippen molar-refractivity contribution >= 4 is 15.7 Å². The van der Waals surface area contributed by atoms with Crippen LogP contribution in [0.4, 0.5) is 5.69 Å². The molecule has 1 saturated carbocycles. The third-order valence-corrected chi connectivity index (χ3v) is 5.06. The smallest absolute Gasteiger partial charge is 0.242 e. The fourth-order valence-corrected chi connectivity index (χ4v) is 3.86. The molecule has 0 spiro atoms. The van der Waals surface area contributed by atoms with Gasteiger partial charge in [-0.1, -0.05) is 25.0 Å². The molecule has 0 amide bonds. The van der Waals surface area contributed by atoms with Gasteiger partial charge in [-0.05, 0) is 37.8 Å². The first kappa shape index (κ1) is 14.3. The van der Waals surface area contributed by atoms with Crippen LogP contribution >= 0.6 is 0 Å². The molecule has 2 N–H and O–H groups in total. The topological polar surface area (TPSA) is 58.2 Å². The molecule has 4 nitrogen and oxygen atoms in total. The van der Waals surface area contributed by atoms with Gasteiger partial charge >= 0.3 is 0 Å². The average molecular weight is 282 g/mol. The van der Waals surface area contributed by atoms with E-state index in [0.717, 1.165) is 12.8 Å². The maximum atomic E-state index is 12.3. The van der Waals surface area contributed by atoms with Gasteiger partial charge in [0.1, 0.15) is 4.90 Å². The lowest BCUT2D eigenvalue weighted by molar-refractivity contribution is 0.520. The number of hydrogen-bond acceptors (Lipinski definition) is 3. The van der Waals surface area contributed by atoms with E-state index in [-0.39, 0.29) is 0 Å². The van der Waals surface area contributed by atoms with Gasteiger partial charge in [-0.2, -0.15) is 0 Å². The molecule has 0 bridgehead atoms. The van der Waals surface area contributed by atoms with Gasteiger partial charge in [0.25, 0.3) is 0 Å². The lowest BCUT2D eigenvalue weighted by Gasteiger charge is -2.14. The van der Waals surface area contributed by atoms with E-state index in [0.29, 0.717) is 29.6 Å². The van der Waals surface area contributed by atoms with Crippen molar-refractivity contribution in [1.82, 2.24) is 4.72 Å². The van der Waals surface area contributed by atoms with E-state index in [1.54, 1.807) is 18.2 Å². The van der Waals surface area contributed by atoms with Crippen molar-refractivity contribution in [1.29, 1.82) is 0 Å². The van der Waals surface area contributed by atoms with Crippen molar-refractivity contribution in [2.24, 2.45) is 5.92 Å². The first-order chi connectivity index (χ1) is 9.13. The molecule has 0 heterocycles. The average Bonchev–Trinajstić information content (AvgIpc) is 2.91. The Balaban J connectivity index is 2.09. The summed E-state index contributed by atoms with van der Waals surface area (Å²) in [6.45, 7) is 3.22. The summed E-state index contributed by atoms with van der Waals surface area (Å²) in [5.41, 5.74) is 0.670. The Morgan fingerprint density at radius 2 is 1.89 bits per heavy atom. The van der Waals surface area contributed by atoms with E-state index in [2.05, 4.69) is 10.0 Å². The van der Waals surface area contributed by atoms with E-state index in [4.69, 9.17) is 0 Å². The fraction of sp³-hybridized carbons (Fsp3) is 0.571. The second-order valence-electron chi connectivity index (χ2n) is 5.03. The van der Waals surface area contributed by atoms with Crippen molar-refractivity contribution in [3.63, 3.8) is 0 Å². The molecular weight excluding hydrogens is 260 g/mol. The summed E-state index contributed by atoms with van der Waals surface area (Å²) >= 11 is 0. The van der Waals surface area contributed by atoms with Crippen LogP contribution in [0, 0.1) is 5.92 Å². The molecule has 0 radical (unpaired) electrons. The highest BCUT2D eigenvalue weighted by Gasteiger charge is 2.21. The quantitative estimate of drug-likeness (QED) is 0.843. The van der Waals surface area contributed by atoms with Gasteiger partial charge in [-0.15, -0.1) is 0 Å². The minimum Gasteiger partial charge on any atom is -0.384 e. The molecule has 0 aliphatic heterocycles. The predicted octanol–water partition coefficient (Wildman–Crippen LogP) is 2.59. The Kier molecular flexibility index (Phi) is 4.82. The summed E-state index contributed by atoms with van der Waals surface area (Å²) in [5, 5.41) is 3.09. The second kappa shape index (κ2) is 6.39. The zero-order valence-electron chi connectivity index (χ0n) is 11.4. The van der Waals surface area contributed by atoms with Crippen LogP contribution in [0.15, 0.2) is 29.2 Å². The van der Waals surface area contributed by atoms with Gasteiger partial charge in [-0.25, -0.2) is 13.1 Å². The van der Waals surface area contributed by atoms with Crippen LogP contribution in [0.1, 0.15) is 32.6 Å². The van der Waals surface area contributed by atoms with Crippen LogP contribution in [0.3, 0.4) is 0 Å². The summed E-state index contributed by atoms with van der Waals surface area (Å²) < 4.78 is 27.4. The van der Waals surface area contributed by atoms with E-state index in [1.165, 1.54) is 12.8 Å². The van der Waals surface area contributed by atoms with E-state index in [9.17, 15) is 8.42 Å². The van der Waals surface area contributed by atoms with Gasteiger partial charge in [0.05, 0.1) is 5.69 Å². The van der Waals surface area contributed by atoms with Crippen LogP contribution in [0.25, 0.3) is 0 Å². The molecule has 1 aromatic rings. The van der Waals surface area contributed by atoms with Crippen LogP contribution in [0.2, 0.25) is 0 Å². The second-order valence-corrected chi connectivity index (χ2v) is 6.76. The summed E-state index contributed by atoms with van der Waals surface area (Å²) in [7, 11) is -3.41. The maximum absolute atomic E-state index is 12.3. The van der Waals surface area contributed by atoms with Crippen LogP contribution in [0.5, 0.6) is 0 Å². The lowest BCUT2D eigenvalue weighted by Crippen LogP contribution is -2.29. The molecule has 0 unspecified atom stereocenters. The van der Waals surface area contributed by atoms with Gasteiger partial charge < -0.3 is 5.32 Å². The molecule has 1 aliphatic rings. The third-order valence-electron chi connectivity index (χ3n) is 3.58. The minimum absolute atomic E-state index is 0.342. The number of sulfonamides is 1. The molecule has 1 aromatic carbocycles. The van der Waals surface area contributed by atoms with E-state index < -0.39 is 10.0 Å². The standard InChI is InChI=1S/C14H22N2O2S/c1-2-15-13-9-5-6-10-14(13)19(17,18)16-11-12-7-3-4-8-12/h5-6,9-10,12,15-16H,2-4,7-8,11H2,1H3. The Morgan fingerprint density at radius 3 is 2.58 bits per heavy atom. The van der Waals surface area contributed by atoms with E-state index >= 15 is 0 Å². The SMILES string of the molecule is CCNc1ccccc1S(=O)(=O)NCC1CCCC1. The Hall–Kier alpha value is -1.07. The third kappa shape index (κ3) is 3.70. The van der Waals surface area contributed by atoms with Crippen LogP contribution in [-0.2, 0) is 10.0 Å². The number of nitrogens with one attached hydrogen (secondary N) is 2. The minimum atomic E-state index is -3.41. The summed E-state index contributed by atoms with van der Waals surface area (Å²) in [6.07, 6.45) is 4.72. The number of para-hydroxylation sites is 1. The van der Waals surface area contributed by atoms with Crippen molar-refractivity contribution in [3.8, 4) is 0 Å². The largest absolute Gasteiger partial charge is 0.384 e. The normalized spacial score (nSPS) is 16.7. The number of hydrogen-bond donors (Lipinski definition) is 2. The highest BCUT2D eigenvalue weighted by molar-refractivity contribution is 7.89. The Morgan fingerprint density at radius 1 is 1.21 bits per heavy atom. The number of anilines is 1. The molecule has 1 fully saturated rings. The fourth-order valence-electron chi connectivity index (χ4n) is 2.56. The van der Waals surface area contributed by atoms with Gasteiger partial charge in [0, 0.05) is 13.1 Å². The van der Waals surface area contributed by atoms with Crippen molar-refractivity contribution in [2.75, 3.05) is 18.4 Å². The molecule has 2 rings (SSSR count). The molecular formula is C14H22N2O2S. The molecule has 106 valence electrons. The van der Waals surface area contributed by atoms with Crippen molar-refractivity contribution < 1.29 is 8.42 Å². The van der Waals surface area contributed by atoms with Gasteiger partial charge in [0.15, 0.2) is 0 Å². The number of rotatable bonds is 6. The van der Waals surface area contributed by atoms with Crippen LogP contribution < -0.4 is 10.0 Å². The zero-order chi connectivity index (χ0) is 13.7. The Labute approximate surface area is 115 Å². The van der Waals surface area contributed by atoms with Gasteiger partial charge in [0.2, 0.25) is 10.0 Å². The summed E-state index contributed by atoms with van der Waals surface area (Å²) in [4.78, 5) is 0.342. The lowest BCUT2D eigenvalue weighted by atomic mass is 10.1. The molecule has 19 heavy (non-hydrogen) atoms. The molecule has 5 heteroatoms. The first-order valence-electron chi connectivity index (χ1n) is 6.96. The Bertz CT molecular complexity index is 508. The summed E-state index contributed by atoms with van der Waals surface area (Å²) in [5.74, 6) is 0.501. The monoisotopic (exact) mass is 282 g/mol. The van der Waals surface area contributed by atoms with Crippen LogP contribution in [-0.4, -0.2) is 21.5 Å². The first-order valence-corrected chi connectivity index (χ1v) is 8.44.